The number of rotatable bonds is 5. The number of aromatic nitrogens is 3. The van der Waals surface area contributed by atoms with Crippen LogP contribution in [0.1, 0.15) is 48.2 Å². The van der Waals surface area contributed by atoms with Gasteiger partial charge in [0.1, 0.15) is 11.6 Å². The van der Waals surface area contributed by atoms with E-state index >= 15 is 0 Å². The highest BCUT2D eigenvalue weighted by Crippen LogP contribution is 2.32. The molecule has 32 heavy (non-hydrogen) atoms. The highest BCUT2D eigenvalue weighted by molar-refractivity contribution is 5.83. The fourth-order valence-electron chi connectivity index (χ4n) is 4.72. The summed E-state index contributed by atoms with van der Waals surface area (Å²) in [6.45, 7) is 5.13. The van der Waals surface area contributed by atoms with Crippen LogP contribution in [0.5, 0.6) is 5.88 Å². The maximum absolute atomic E-state index is 12.0. The summed E-state index contributed by atoms with van der Waals surface area (Å²) in [6.07, 6.45) is 2.12. The summed E-state index contributed by atoms with van der Waals surface area (Å²) in [5.41, 5.74) is 5.62. The van der Waals surface area contributed by atoms with Crippen LogP contribution < -0.4 is 0 Å². The molecular formula is C25H26N4O3. The molecule has 7 nitrogen and oxygen atoms in total. The van der Waals surface area contributed by atoms with E-state index in [1.807, 2.05) is 11.0 Å². The maximum atomic E-state index is 12.0. The van der Waals surface area contributed by atoms with E-state index in [-0.39, 0.29) is 17.8 Å². The number of fused-ring (bicyclic) bond motifs is 3. The van der Waals surface area contributed by atoms with Gasteiger partial charge in [-0.15, -0.1) is 0 Å². The molecule has 164 valence electrons. The summed E-state index contributed by atoms with van der Waals surface area (Å²) in [4.78, 5) is 18.9. The smallest absolute Gasteiger partial charge is 0.251 e. The second-order valence-electron chi connectivity index (χ2n) is 8.53. The summed E-state index contributed by atoms with van der Waals surface area (Å²) < 4.78 is 7.53. The first-order valence-corrected chi connectivity index (χ1v) is 10.9. The molecule has 7 heteroatoms. The summed E-state index contributed by atoms with van der Waals surface area (Å²) in [6, 6.07) is 16.4. The lowest BCUT2D eigenvalue weighted by Crippen LogP contribution is -2.34. The van der Waals surface area contributed by atoms with Crippen molar-refractivity contribution in [3.8, 4) is 5.88 Å². The molecule has 0 aliphatic carbocycles. The quantitative estimate of drug-likeness (QED) is 0.517. The molecule has 0 bridgehead atoms. The lowest BCUT2D eigenvalue weighted by molar-refractivity contribution is -0.129. The van der Waals surface area contributed by atoms with Crippen molar-refractivity contribution in [1.29, 1.82) is 0 Å². The zero-order valence-electron chi connectivity index (χ0n) is 18.3. The SMILES string of the molecule is CC(=O)N1CCc2ccc3c(nc(Cc4cc(O)no4)n3[C@H](C)Cc3ccccc3)c2C1. The largest absolute Gasteiger partial charge is 0.491 e. The number of hydrogen-bond donors (Lipinski definition) is 1. The first kappa shape index (κ1) is 20.3. The Bertz CT molecular complexity index is 1280. The van der Waals surface area contributed by atoms with Crippen LogP contribution in [-0.4, -0.2) is 37.2 Å². The minimum atomic E-state index is -0.130. The highest BCUT2D eigenvalue weighted by Gasteiger charge is 2.25. The predicted octanol–water partition coefficient (Wildman–Crippen LogP) is 4.03. The molecule has 0 fully saturated rings. The molecule has 2 aromatic carbocycles. The molecule has 0 spiro atoms. The van der Waals surface area contributed by atoms with Crippen LogP contribution in [0.3, 0.4) is 0 Å². The van der Waals surface area contributed by atoms with Gasteiger partial charge >= 0.3 is 0 Å². The summed E-state index contributed by atoms with van der Waals surface area (Å²) in [5, 5.41) is 13.2. The van der Waals surface area contributed by atoms with E-state index in [1.54, 1.807) is 6.92 Å². The van der Waals surface area contributed by atoms with Crippen LogP contribution in [0.4, 0.5) is 0 Å². The van der Waals surface area contributed by atoms with E-state index in [0.717, 1.165) is 41.8 Å². The molecule has 0 saturated heterocycles. The normalized spacial score (nSPS) is 14.5. The van der Waals surface area contributed by atoms with E-state index < -0.39 is 0 Å². The Balaban J connectivity index is 1.61. The number of hydrogen-bond acceptors (Lipinski definition) is 5. The van der Waals surface area contributed by atoms with Crippen molar-refractivity contribution in [3.63, 3.8) is 0 Å². The van der Waals surface area contributed by atoms with Gasteiger partial charge in [-0.2, -0.15) is 0 Å². The highest BCUT2D eigenvalue weighted by atomic mass is 16.5. The number of carbonyl (C=O) groups is 1. The van der Waals surface area contributed by atoms with Gasteiger partial charge in [-0.3, -0.25) is 4.79 Å². The predicted molar refractivity (Wildman–Crippen MR) is 120 cm³/mol. The van der Waals surface area contributed by atoms with Crippen LogP contribution in [0.15, 0.2) is 53.1 Å². The van der Waals surface area contributed by atoms with Crippen LogP contribution >= 0.6 is 0 Å². The van der Waals surface area contributed by atoms with Crippen LogP contribution in [0, 0.1) is 0 Å². The Labute approximate surface area is 186 Å². The van der Waals surface area contributed by atoms with Gasteiger partial charge in [0.15, 0.2) is 0 Å². The van der Waals surface area contributed by atoms with E-state index in [0.29, 0.717) is 18.7 Å². The monoisotopic (exact) mass is 430 g/mol. The molecule has 1 aliphatic heterocycles. The van der Waals surface area contributed by atoms with Crippen LogP contribution in [0.2, 0.25) is 0 Å². The zero-order chi connectivity index (χ0) is 22.2. The number of nitrogens with zero attached hydrogens (tertiary/aromatic N) is 4. The van der Waals surface area contributed by atoms with Gasteiger partial charge in [0.25, 0.3) is 5.88 Å². The molecule has 4 aromatic rings. The molecular weight excluding hydrogens is 404 g/mol. The lowest BCUT2D eigenvalue weighted by Gasteiger charge is -2.28. The van der Waals surface area contributed by atoms with Gasteiger partial charge in [0, 0.05) is 37.7 Å². The van der Waals surface area contributed by atoms with Crippen LogP contribution in [-0.2, 0) is 30.6 Å². The van der Waals surface area contributed by atoms with Crippen molar-refractivity contribution in [1.82, 2.24) is 19.6 Å². The molecule has 0 radical (unpaired) electrons. The van der Waals surface area contributed by atoms with Gasteiger partial charge in [0.2, 0.25) is 5.91 Å². The summed E-state index contributed by atoms with van der Waals surface area (Å²) in [7, 11) is 0. The summed E-state index contributed by atoms with van der Waals surface area (Å²) >= 11 is 0. The molecule has 0 saturated carbocycles. The minimum absolute atomic E-state index is 0.0851. The average molecular weight is 431 g/mol. The first-order valence-electron chi connectivity index (χ1n) is 10.9. The standard InChI is InChI=1S/C25H26N4O3/c1-16(12-18-6-4-3-5-7-18)29-22-9-8-19-10-11-28(17(2)30)15-21(19)25(22)26-23(29)13-20-14-24(31)27-32-20/h3-9,14,16H,10-13,15H2,1-2H3,(H,27,31)/t16-/m1/s1. The molecule has 1 N–H and O–H groups in total. The van der Waals surface area contributed by atoms with Crippen molar-refractivity contribution in [2.45, 2.75) is 45.7 Å². The Hall–Kier alpha value is -3.61. The van der Waals surface area contributed by atoms with E-state index in [2.05, 4.69) is 53.0 Å². The van der Waals surface area contributed by atoms with Crippen molar-refractivity contribution in [2.75, 3.05) is 6.54 Å². The molecule has 2 aromatic heterocycles. The van der Waals surface area contributed by atoms with Gasteiger partial charge < -0.3 is 19.1 Å². The van der Waals surface area contributed by atoms with Crippen LogP contribution in [0.25, 0.3) is 11.0 Å². The van der Waals surface area contributed by atoms with E-state index in [9.17, 15) is 9.90 Å². The number of benzene rings is 2. The Morgan fingerprint density at radius 2 is 2.03 bits per heavy atom. The van der Waals surface area contributed by atoms with Gasteiger partial charge in [-0.1, -0.05) is 36.4 Å². The fourth-order valence-corrected chi connectivity index (χ4v) is 4.72. The van der Waals surface area contributed by atoms with Crippen molar-refractivity contribution in [3.05, 3.63) is 76.8 Å². The number of imidazole rings is 1. The lowest BCUT2D eigenvalue weighted by atomic mass is 9.98. The molecule has 0 unspecified atom stereocenters. The van der Waals surface area contributed by atoms with Gasteiger partial charge in [-0.05, 0) is 42.1 Å². The van der Waals surface area contributed by atoms with Gasteiger partial charge in [0.05, 0.1) is 17.5 Å². The third kappa shape index (κ3) is 3.75. The molecule has 1 aliphatic rings. The third-order valence-corrected chi connectivity index (χ3v) is 6.28. The molecule has 5 rings (SSSR count). The molecule has 3 heterocycles. The molecule has 1 amide bonds. The maximum Gasteiger partial charge on any atom is 0.251 e. The first-order chi connectivity index (χ1) is 15.5. The third-order valence-electron chi connectivity index (χ3n) is 6.28. The topological polar surface area (TPSA) is 84.4 Å². The average Bonchev–Trinajstić information content (AvgIpc) is 3.37. The minimum Gasteiger partial charge on any atom is -0.491 e. The van der Waals surface area contributed by atoms with Crippen molar-refractivity contribution in [2.24, 2.45) is 0 Å². The Kier molecular flexibility index (Phi) is 5.17. The Morgan fingerprint density at radius 1 is 1.22 bits per heavy atom. The summed E-state index contributed by atoms with van der Waals surface area (Å²) in [5.74, 6) is 1.37. The second kappa shape index (κ2) is 8.15. The Morgan fingerprint density at radius 3 is 2.75 bits per heavy atom. The van der Waals surface area contributed by atoms with Crippen molar-refractivity contribution < 1.29 is 14.4 Å². The van der Waals surface area contributed by atoms with E-state index in [4.69, 9.17) is 9.51 Å². The second-order valence-corrected chi connectivity index (χ2v) is 8.53. The molecule has 1 atom stereocenters. The number of amides is 1. The van der Waals surface area contributed by atoms with Gasteiger partial charge in [-0.25, -0.2) is 4.98 Å². The van der Waals surface area contributed by atoms with E-state index in [1.165, 1.54) is 17.2 Å². The fraction of sp³-hybridized carbons (Fsp3) is 0.320. The zero-order valence-corrected chi connectivity index (χ0v) is 18.3. The number of carbonyl (C=O) groups excluding carboxylic acids is 1. The number of aromatic hydroxyl groups is 1. The van der Waals surface area contributed by atoms with Crippen molar-refractivity contribution >= 4 is 16.9 Å².